The van der Waals surface area contributed by atoms with Crippen LogP contribution < -0.4 is 5.73 Å². The van der Waals surface area contributed by atoms with Crippen molar-refractivity contribution in [3.8, 4) is 0 Å². The first-order valence-corrected chi connectivity index (χ1v) is 8.75. The first kappa shape index (κ1) is 18.0. The van der Waals surface area contributed by atoms with Gasteiger partial charge in [-0.2, -0.15) is 0 Å². The molecule has 1 aromatic rings. The van der Waals surface area contributed by atoms with Gasteiger partial charge in [0.2, 0.25) is 0 Å². The van der Waals surface area contributed by atoms with Crippen LogP contribution in [0.15, 0.2) is 24.3 Å². The highest BCUT2D eigenvalue weighted by Gasteiger charge is 1.99. The van der Waals surface area contributed by atoms with Gasteiger partial charge in [0.1, 0.15) is 0 Å². The van der Waals surface area contributed by atoms with Gasteiger partial charge in [-0.25, -0.2) is 0 Å². The van der Waals surface area contributed by atoms with Gasteiger partial charge in [-0.05, 0) is 63.5 Å². The van der Waals surface area contributed by atoms with Gasteiger partial charge in [0.15, 0.2) is 0 Å². The summed E-state index contributed by atoms with van der Waals surface area (Å²) in [6.45, 7) is 4.80. The van der Waals surface area contributed by atoms with Gasteiger partial charge in [-0.15, -0.1) is 0 Å². The van der Waals surface area contributed by atoms with E-state index in [1.54, 1.807) is 0 Å². The first-order chi connectivity index (χ1) is 10.2. The maximum Gasteiger partial charge on any atom is 0.0314 e. The number of nitrogens with zero attached hydrogens (tertiary/aromatic N) is 1. The molecule has 1 aromatic carbocycles. The number of unbranched alkanes of at least 4 members (excludes halogenated alkanes) is 6. The molecule has 21 heavy (non-hydrogen) atoms. The number of nitrogen functional groups attached to an aromatic ring is 1. The van der Waals surface area contributed by atoms with E-state index >= 15 is 0 Å². The van der Waals surface area contributed by atoms with Crippen LogP contribution in [0.1, 0.15) is 63.9 Å². The lowest BCUT2D eigenvalue weighted by molar-refractivity contribution is 0.315. The molecule has 1 rings (SSSR count). The van der Waals surface area contributed by atoms with Gasteiger partial charge in [-0.1, -0.05) is 51.2 Å². The van der Waals surface area contributed by atoms with Crippen molar-refractivity contribution in [3.63, 3.8) is 0 Å². The summed E-state index contributed by atoms with van der Waals surface area (Å²) in [6, 6.07) is 8.31. The van der Waals surface area contributed by atoms with E-state index in [-0.39, 0.29) is 0 Å². The van der Waals surface area contributed by atoms with Crippen molar-refractivity contribution < 1.29 is 0 Å². The number of benzene rings is 1. The fourth-order valence-corrected chi connectivity index (χ4v) is 2.67. The number of hydrogen-bond donors (Lipinski definition) is 1. The molecule has 0 unspecified atom stereocenters. The highest BCUT2D eigenvalue weighted by molar-refractivity contribution is 5.39. The van der Waals surface area contributed by atoms with Crippen LogP contribution in [0, 0.1) is 0 Å². The van der Waals surface area contributed by atoms with Crippen LogP contribution in [0.5, 0.6) is 0 Å². The Labute approximate surface area is 131 Å². The topological polar surface area (TPSA) is 29.3 Å². The summed E-state index contributed by atoms with van der Waals surface area (Å²) in [4.78, 5) is 2.50. The van der Waals surface area contributed by atoms with Crippen molar-refractivity contribution in [3.05, 3.63) is 29.8 Å². The molecule has 0 aliphatic rings. The zero-order chi connectivity index (χ0) is 15.3. The lowest BCUT2D eigenvalue weighted by Gasteiger charge is -2.16. The Hall–Kier alpha value is -1.02. The van der Waals surface area contributed by atoms with Gasteiger partial charge in [0.05, 0.1) is 0 Å². The summed E-state index contributed by atoms with van der Waals surface area (Å²) in [6.07, 6.45) is 12.0. The van der Waals surface area contributed by atoms with Crippen LogP contribution in [0.25, 0.3) is 0 Å². The third-order valence-corrected chi connectivity index (χ3v) is 4.13. The summed E-state index contributed by atoms with van der Waals surface area (Å²) < 4.78 is 0. The summed E-state index contributed by atoms with van der Waals surface area (Å²) in [7, 11) is 2.26. The molecule has 0 atom stereocenters. The molecular formula is C19H34N2. The minimum atomic E-state index is 0.862. The highest BCUT2D eigenvalue weighted by atomic mass is 15.1. The molecule has 0 fully saturated rings. The highest BCUT2D eigenvalue weighted by Crippen LogP contribution is 2.10. The standard InChI is InChI=1S/C19H34N2/c1-3-4-5-9-16-21(2)17-10-7-6-8-11-18-12-14-19(20)15-13-18/h12-15H,3-11,16-17,20H2,1-2H3. The van der Waals surface area contributed by atoms with Gasteiger partial charge >= 0.3 is 0 Å². The molecule has 2 N–H and O–H groups in total. The fourth-order valence-electron chi connectivity index (χ4n) is 2.67. The van der Waals surface area contributed by atoms with Crippen molar-refractivity contribution in [2.24, 2.45) is 0 Å². The third-order valence-electron chi connectivity index (χ3n) is 4.13. The maximum absolute atomic E-state index is 5.70. The Morgan fingerprint density at radius 2 is 1.38 bits per heavy atom. The van der Waals surface area contributed by atoms with Crippen molar-refractivity contribution in [1.82, 2.24) is 4.90 Å². The van der Waals surface area contributed by atoms with Gasteiger partial charge in [0, 0.05) is 5.69 Å². The van der Waals surface area contributed by atoms with E-state index in [2.05, 4.69) is 31.0 Å². The second-order valence-corrected chi connectivity index (χ2v) is 6.27. The quantitative estimate of drug-likeness (QED) is 0.439. The maximum atomic E-state index is 5.70. The zero-order valence-electron chi connectivity index (χ0n) is 14.1. The SMILES string of the molecule is CCCCCCN(C)CCCCCCc1ccc(N)cc1. The number of hydrogen-bond acceptors (Lipinski definition) is 2. The fraction of sp³-hybridized carbons (Fsp3) is 0.684. The summed E-state index contributed by atoms with van der Waals surface area (Å²) in [5, 5.41) is 0. The van der Waals surface area contributed by atoms with E-state index in [9.17, 15) is 0 Å². The lowest BCUT2D eigenvalue weighted by atomic mass is 10.1. The smallest absolute Gasteiger partial charge is 0.0314 e. The molecule has 0 heterocycles. The molecule has 2 nitrogen and oxygen atoms in total. The minimum absolute atomic E-state index is 0.862. The molecule has 0 radical (unpaired) electrons. The zero-order valence-corrected chi connectivity index (χ0v) is 14.1. The van der Waals surface area contributed by atoms with Crippen molar-refractivity contribution >= 4 is 5.69 Å². The van der Waals surface area contributed by atoms with Crippen LogP contribution >= 0.6 is 0 Å². The normalized spacial score (nSPS) is 11.2. The van der Waals surface area contributed by atoms with Crippen molar-refractivity contribution in [2.75, 3.05) is 25.9 Å². The Bertz CT molecular complexity index is 345. The largest absolute Gasteiger partial charge is 0.399 e. The molecule has 0 aromatic heterocycles. The summed E-state index contributed by atoms with van der Waals surface area (Å²) in [5.41, 5.74) is 7.97. The Morgan fingerprint density at radius 3 is 2.00 bits per heavy atom. The van der Waals surface area contributed by atoms with Crippen LogP contribution in [0.2, 0.25) is 0 Å². The number of aryl methyl sites for hydroxylation is 1. The molecule has 0 saturated heterocycles. The average Bonchev–Trinajstić information content (AvgIpc) is 2.49. The number of nitrogens with two attached hydrogens (primary N) is 1. The average molecular weight is 290 g/mol. The van der Waals surface area contributed by atoms with Gasteiger partial charge in [-0.3, -0.25) is 0 Å². The monoisotopic (exact) mass is 290 g/mol. The van der Waals surface area contributed by atoms with Gasteiger partial charge < -0.3 is 10.6 Å². The van der Waals surface area contributed by atoms with Crippen LogP contribution in [-0.4, -0.2) is 25.0 Å². The molecular weight excluding hydrogens is 256 g/mol. The second-order valence-electron chi connectivity index (χ2n) is 6.27. The van der Waals surface area contributed by atoms with Crippen molar-refractivity contribution in [1.29, 1.82) is 0 Å². The summed E-state index contributed by atoms with van der Waals surface area (Å²) in [5.74, 6) is 0. The minimum Gasteiger partial charge on any atom is -0.399 e. The Kier molecular flexibility index (Phi) is 9.98. The summed E-state index contributed by atoms with van der Waals surface area (Å²) >= 11 is 0. The van der Waals surface area contributed by atoms with E-state index in [0.29, 0.717) is 0 Å². The Balaban J connectivity index is 1.93. The molecule has 0 saturated carbocycles. The number of anilines is 1. The molecule has 2 heteroatoms. The van der Waals surface area contributed by atoms with Crippen LogP contribution in [-0.2, 0) is 6.42 Å². The van der Waals surface area contributed by atoms with E-state index in [0.717, 1.165) is 5.69 Å². The van der Waals surface area contributed by atoms with E-state index in [1.807, 2.05) is 12.1 Å². The molecule has 120 valence electrons. The third kappa shape index (κ3) is 9.52. The molecule has 0 bridgehead atoms. The predicted octanol–water partition coefficient (Wildman–Crippen LogP) is 4.88. The second kappa shape index (κ2) is 11.6. The molecule has 0 amide bonds. The van der Waals surface area contributed by atoms with Crippen LogP contribution in [0.3, 0.4) is 0 Å². The van der Waals surface area contributed by atoms with E-state index in [1.165, 1.54) is 76.4 Å². The first-order valence-electron chi connectivity index (χ1n) is 8.75. The molecule has 0 spiro atoms. The van der Waals surface area contributed by atoms with Gasteiger partial charge in [0.25, 0.3) is 0 Å². The van der Waals surface area contributed by atoms with E-state index in [4.69, 9.17) is 5.73 Å². The molecule has 0 aliphatic heterocycles. The lowest BCUT2D eigenvalue weighted by Crippen LogP contribution is -2.20. The van der Waals surface area contributed by atoms with Crippen LogP contribution in [0.4, 0.5) is 5.69 Å². The van der Waals surface area contributed by atoms with E-state index < -0.39 is 0 Å². The Morgan fingerprint density at radius 1 is 0.810 bits per heavy atom. The molecule has 0 aliphatic carbocycles. The number of rotatable bonds is 12. The van der Waals surface area contributed by atoms with Crippen molar-refractivity contribution in [2.45, 2.75) is 64.7 Å². The predicted molar refractivity (Wildman–Crippen MR) is 94.7 cm³/mol.